The Kier molecular flexibility index (Phi) is 5.82. The van der Waals surface area contributed by atoms with E-state index in [2.05, 4.69) is 23.5 Å². The molecule has 1 heterocycles. The normalized spacial score (nSPS) is 18.2. The van der Waals surface area contributed by atoms with E-state index in [1.807, 2.05) is 6.07 Å². The molecule has 0 fully saturated rings. The third-order valence-electron chi connectivity index (χ3n) is 3.46. The molecule has 1 aliphatic rings. The zero-order chi connectivity index (χ0) is 12.6. The minimum absolute atomic E-state index is 0.600. The van der Waals surface area contributed by atoms with Crippen molar-refractivity contribution in [2.24, 2.45) is 0 Å². The van der Waals surface area contributed by atoms with E-state index >= 15 is 0 Å². The molecule has 18 heavy (non-hydrogen) atoms. The van der Waals surface area contributed by atoms with Gasteiger partial charge in [-0.3, -0.25) is 0 Å². The Balaban J connectivity index is 1.74. The highest BCUT2D eigenvalue weighted by Gasteiger charge is 2.20. The summed E-state index contributed by atoms with van der Waals surface area (Å²) in [7, 11) is 0. The van der Waals surface area contributed by atoms with Crippen molar-refractivity contribution in [1.29, 1.82) is 0 Å². The highest BCUT2D eigenvalue weighted by Crippen LogP contribution is 2.32. The van der Waals surface area contributed by atoms with Crippen molar-refractivity contribution in [3.05, 3.63) is 29.8 Å². The number of benzene rings is 1. The van der Waals surface area contributed by atoms with Gasteiger partial charge in [0.25, 0.3) is 0 Å². The summed E-state index contributed by atoms with van der Waals surface area (Å²) in [4.78, 5) is 0. The van der Waals surface area contributed by atoms with Crippen LogP contribution in [-0.2, 0) is 0 Å². The number of nitrogens with one attached hydrogen (secondary N) is 1. The first-order chi connectivity index (χ1) is 8.92. The number of para-hydroxylation sites is 1. The maximum atomic E-state index is 5.67. The van der Waals surface area contributed by atoms with Crippen LogP contribution in [0.2, 0.25) is 0 Å². The Hall–Kier alpha value is -0.730. The van der Waals surface area contributed by atoms with Crippen molar-refractivity contribution in [1.82, 2.24) is 5.32 Å². The van der Waals surface area contributed by atoms with Crippen LogP contribution in [-0.4, -0.2) is 25.6 Å². The molecule has 0 saturated carbocycles. The Labute approximate surface area is 115 Å². The summed E-state index contributed by atoms with van der Waals surface area (Å²) < 4.78 is 5.67. The molecule has 0 aliphatic carbocycles. The molecule has 1 aromatic carbocycles. The standard InChI is InChI=1S/C15H22ClNO/c16-9-4-1-5-10-17-12-13-8-11-18-15-7-3-2-6-14(13)15/h2-3,6-7,13,17H,1,4-5,8-12H2. The fourth-order valence-electron chi connectivity index (χ4n) is 2.43. The summed E-state index contributed by atoms with van der Waals surface area (Å²) in [6.07, 6.45) is 4.69. The maximum Gasteiger partial charge on any atom is 0.122 e. The quantitative estimate of drug-likeness (QED) is 0.603. The smallest absolute Gasteiger partial charge is 0.122 e. The molecule has 0 bridgehead atoms. The molecule has 1 unspecified atom stereocenters. The van der Waals surface area contributed by atoms with Crippen LogP contribution in [0.4, 0.5) is 0 Å². The number of ether oxygens (including phenoxy) is 1. The summed E-state index contributed by atoms with van der Waals surface area (Å²) in [6, 6.07) is 8.40. The molecule has 0 aromatic heterocycles. The molecule has 1 atom stereocenters. The van der Waals surface area contributed by atoms with E-state index < -0.39 is 0 Å². The number of hydrogen-bond donors (Lipinski definition) is 1. The number of alkyl halides is 1. The van der Waals surface area contributed by atoms with Crippen LogP contribution in [0.5, 0.6) is 5.75 Å². The van der Waals surface area contributed by atoms with E-state index in [0.29, 0.717) is 5.92 Å². The lowest BCUT2D eigenvalue weighted by Crippen LogP contribution is -2.26. The van der Waals surface area contributed by atoms with Gasteiger partial charge in [0.2, 0.25) is 0 Å². The second-order valence-corrected chi connectivity index (χ2v) is 5.20. The molecule has 0 amide bonds. The van der Waals surface area contributed by atoms with Crippen molar-refractivity contribution in [3.8, 4) is 5.75 Å². The van der Waals surface area contributed by atoms with Crippen molar-refractivity contribution in [3.63, 3.8) is 0 Å². The third kappa shape index (κ3) is 3.89. The van der Waals surface area contributed by atoms with E-state index in [-0.39, 0.29) is 0 Å². The molecular formula is C15H22ClNO. The van der Waals surface area contributed by atoms with Crippen LogP contribution in [0.25, 0.3) is 0 Å². The Morgan fingerprint density at radius 1 is 1.22 bits per heavy atom. The number of hydrogen-bond acceptors (Lipinski definition) is 2. The fraction of sp³-hybridized carbons (Fsp3) is 0.600. The van der Waals surface area contributed by atoms with Gasteiger partial charge in [-0.15, -0.1) is 11.6 Å². The van der Waals surface area contributed by atoms with Gasteiger partial charge in [-0.05, 0) is 37.4 Å². The monoisotopic (exact) mass is 267 g/mol. The average molecular weight is 268 g/mol. The van der Waals surface area contributed by atoms with Crippen molar-refractivity contribution in [2.45, 2.75) is 31.6 Å². The van der Waals surface area contributed by atoms with Gasteiger partial charge >= 0.3 is 0 Å². The molecule has 1 aliphatic heterocycles. The van der Waals surface area contributed by atoms with Gasteiger partial charge in [-0.25, -0.2) is 0 Å². The summed E-state index contributed by atoms with van der Waals surface area (Å²) >= 11 is 5.66. The molecule has 100 valence electrons. The Morgan fingerprint density at radius 3 is 3.00 bits per heavy atom. The van der Waals surface area contributed by atoms with E-state index in [9.17, 15) is 0 Å². The molecule has 0 saturated heterocycles. The first-order valence-corrected chi connectivity index (χ1v) is 7.43. The highest BCUT2D eigenvalue weighted by molar-refractivity contribution is 6.17. The van der Waals surface area contributed by atoms with Gasteiger partial charge in [-0.2, -0.15) is 0 Å². The third-order valence-corrected chi connectivity index (χ3v) is 3.73. The Morgan fingerprint density at radius 2 is 2.11 bits per heavy atom. The van der Waals surface area contributed by atoms with Gasteiger partial charge in [0.05, 0.1) is 6.61 Å². The topological polar surface area (TPSA) is 21.3 Å². The SMILES string of the molecule is ClCCCCCNCC1CCOc2ccccc21. The lowest BCUT2D eigenvalue weighted by molar-refractivity contribution is 0.264. The van der Waals surface area contributed by atoms with Gasteiger partial charge < -0.3 is 10.1 Å². The van der Waals surface area contributed by atoms with Crippen LogP contribution in [0, 0.1) is 0 Å². The zero-order valence-electron chi connectivity index (χ0n) is 10.8. The summed E-state index contributed by atoms with van der Waals surface area (Å²) in [6.45, 7) is 2.99. The van der Waals surface area contributed by atoms with Crippen molar-refractivity contribution >= 4 is 11.6 Å². The van der Waals surface area contributed by atoms with Crippen LogP contribution < -0.4 is 10.1 Å². The second-order valence-electron chi connectivity index (χ2n) is 4.83. The summed E-state index contributed by atoms with van der Waals surface area (Å²) in [5.74, 6) is 2.45. The minimum atomic E-state index is 0.600. The first-order valence-electron chi connectivity index (χ1n) is 6.90. The minimum Gasteiger partial charge on any atom is -0.493 e. The summed E-state index contributed by atoms with van der Waals surface area (Å²) in [5, 5.41) is 3.56. The number of rotatable bonds is 7. The molecule has 2 nitrogen and oxygen atoms in total. The van der Waals surface area contributed by atoms with E-state index in [1.165, 1.54) is 18.4 Å². The van der Waals surface area contributed by atoms with Gasteiger partial charge in [0.15, 0.2) is 0 Å². The summed E-state index contributed by atoms with van der Waals surface area (Å²) in [5.41, 5.74) is 1.36. The van der Waals surface area contributed by atoms with Crippen molar-refractivity contribution in [2.75, 3.05) is 25.6 Å². The lowest BCUT2D eigenvalue weighted by atomic mass is 9.93. The molecule has 0 spiro atoms. The lowest BCUT2D eigenvalue weighted by Gasteiger charge is -2.26. The number of unbranched alkanes of at least 4 members (excludes halogenated alkanes) is 2. The largest absolute Gasteiger partial charge is 0.493 e. The highest BCUT2D eigenvalue weighted by atomic mass is 35.5. The average Bonchev–Trinajstić information content (AvgIpc) is 2.43. The first kappa shape index (κ1) is 13.7. The van der Waals surface area contributed by atoms with Gasteiger partial charge in [0, 0.05) is 18.3 Å². The molecule has 0 radical (unpaired) electrons. The van der Waals surface area contributed by atoms with Gasteiger partial charge in [0.1, 0.15) is 5.75 Å². The molecule has 3 heteroatoms. The zero-order valence-corrected chi connectivity index (χ0v) is 11.6. The number of halogens is 1. The molecule has 1 N–H and O–H groups in total. The molecule has 2 rings (SSSR count). The van der Waals surface area contributed by atoms with Crippen molar-refractivity contribution < 1.29 is 4.74 Å². The van der Waals surface area contributed by atoms with E-state index in [4.69, 9.17) is 16.3 Å². The van der Waals surface area contributed by atoms with Gasteiger partial charge in [-0.1, -0.05) is 24.6 Å². The van der Waals surface area contributed by atoms with Crippen LogP contribution in [0.1, 0.15) is 37.2 Å². The van der Waals surface area contributed by atoms with Crippen LogP contribution in [0.15, 0.2) is 24.3 Å². The molecule has 1 aromatic rings. The predicted octanol–water partition coefficient (Wildman–Crippen LogP) is 3.55. The maximum absolute atomic E-state index is 5.67. The second kappa shape index (κ2) is 7.65. The Bertz CT molecular complexity index is 356. The van der Waals surface area contributed by atoms with E-state index in [0.717, 1.165) is 44.2 Å². The molecular weight excluding hydrogens is 246 g/mol. The van der Waals surface area contributed by atoms with Crippen LogP contribution in [0.3, 0.4) is 0 Å². The number of fused-ring (bicyclic) bond motifs is 1. The predicted molar refractivity (Wildman–Crippen MR) is 76.7 cm³/mol. The fourth-order valence-corrected chi connectivity index (χ4v) is 2.61. The van der Waals surface area contributed by atoms with Crippen LogP contribution >= 0.6 is 11.6 Å². The van der Waals surface area contributed by atoms with E-state index in [1.54, 1.807) is 0 Å².